The fourth-order valence-electron chi connectivity index (χ4n) is 2.16. The predicted octanol–water partition coefficient (Wildman–Crippen LogP) is 2.56. The van der Waals surface area contributed by atoms with Crippen LogP contribution in [0.5, 0.6) is 0 Å². The lowest BCUT2D eigenvalue weighted by molar-refractivity contribution is 0.302. The lowest BCUT2D eigenvalue weighted by Gasteiger charge is -2.22. The van der Waals surface area contributed by atoms with Crippen LogP contribution in [0.4, 0.5) is 0 Å². The Balaban J connectivity index is 0.000000606. The van der Waals surface area contributed by atoms with E-state index in [0.29, 0.717) is 5.92 Å². The van der Waals surface area contributed by atoms with Gasteiger partial charge < -0.3 is 9.47 Å². The van der Waals surface area contributed by atoms with E-state index in [1.165, 1.54) is 17.2 Å². The minimum absolute atomic E-state index is 0.524. The molecule has 0 radical (unpaired) electrons. The molecule has 0 bridgehead atoms. The molecular weight excluding hydrogens is 198 g/mol. The smallest absolute Gasteiger partial charge is 0.111 e. The molecule has 0 saturated carbocycles. The van der Waals surface area contributed by atoms with Crippen molar-refractivity contribution < 1.29 is 0 Å². The molecule has 1 aromatic rings. The molecule has 92 valence electrons. The van der Waals surface area contributed by atoms with Crippen LogP contribution in [0.1, 0.15) is 50.8 Å². The Morgan fingerprint density at radius 3 is 2.38 bits per heavy atom. The van der Waals surface area contributed by atoms with Gasteiger partial charge in [0.15, 0.2) is 0 Å². The lowest BCUT2D eigenvalue weighted by Crippen LogP contribution is -2.27. The summed E-state index contributed by atoms with van der Waals surface area (Å²) < 4.78 is 2.27. The van der Waals surface area contributed by atoms with Gasteiger partial charge in [-0.15, -0.1) is 0 Å². The second-order valence-electron chi connectivity index (χ2n) is 4.56. The van der Waals surface area contributed by atoms with Crippen molar-refractivity contribution in [2.45, 2.75) is 46.6 Å². The van der Waals surface area contributed by atoms with Crippen LogP contribution >= 0.6 is 0 Å². The summed E-state index contributed by atoms with van der Waals surface area (Å²) in [5, 5.41) is 0. The van der Waals surface area contributed by atoms with E-state index < -0.39 is 0 Å². The van der Waals surface area contributed by atoms with Crippen LogP contribution in [0.15, 0.2) is 0 Å². The Kier molecular flexibility index (Phi) is 4.54. The molecule has 0 unspecified atom stereocenters. The maximum absolute atomic E-state index is 4.72. The predicted molar refractivity (Wildman–Crippen MR) is 68.7 cm³/mol. The van der Waals surface area contributed by atoms with E-state index >= 15 is 0 Å². The molecule has 0 N–H and O–H groups in total. The van der Waals surface area contributed by atoms with E-state index in [9.17, 15) is 0 Å². The van der Waals surface area contributed by atoms with Crippen LogP contribution < -0.4 is 0 Å². The average Bonchev–Trinajstić information content (AvgIpc) is 2.59. The first-order valence-electron chi connectivity index (χ1n) is 6.32. The first-order chi connectivity index (χ1) is 7.59. The number of hydrogen-bond acceptors (Lipinski definition) is 2. The quantitative estimate of drug-likeness (QED) is 0.729. The molecule has 3 nitrogen and oxygen atoms in total. The molecule has 16 heavy (non-hydrogen) atoms. The molecule has 1 aliphatic heterocycles. The first kappa shape index (κ1) is 13.2. The summed E-state index contributed by atoms with van der Waals surface area (Å²) in [6, 6.07) is 0. The number of rotatable bonds is 1. The van der Waals surface area contributed by atoms with Crippen molar-refractivity contribution >= 4 is 0 Å². The summed E-state index contributed by atoms with van der Waals surface area (Å²) in [5.74, 6) is 1.75. The van der Waals surface area contributed by atoms with E-state index in [0.717, 1.165) is 19.5 Å². The molecule has 0 atom stereocenters. The highest BCUT2D eigenvalue weighted by Gasteiger charge is 2.21. The third-order valence-electron chi connectivity index (χ3n) is 3.00. The fourth-order valence-corrected chi connectivity index (χ4v) is 2.16. The maximum Gasteiger partial charge on any atom is 0.111 e. The van der Waals surface area contributed by atoms with Gasteiger partial charge in [0.25, 0.3) is 0 Å². The Morgan fingerprint density at radius 1 is 1.19 bits per heavy atom. The minimum Gasteiger partial charge on any atom is -0.333 e. The average molecular weight is 223 g/mol. The topological polar surface area (TPSA) is 21.1 Å². The summed E-state index contributed by atoms with van der Waals surface area (Å²) >= 11 is 0. The van der Waals surface area contributed by atoms with E-state index in [1.807, 2.05) is 13.8 Å². The lowest BCUT2D eigenvalue weighted by atomic mass is 10.1. The van der Waals surface area contributed by atoms with Gasteiger partial charge in [0, 0.05) is 32.5 Å². The summed E-state index contributed by atoms with van der Waals surface area (Å²) in [5.41, 5.74) is 2.72. The van der Waals surface area contributed by atoms with Gasteiger partial charge in [-0.25, -0.2) is 4.98 Å². The maximum atomic E-state index is 4.72. The summed E-state index contributed by atoms with van der Waals surface area (Å²) in [6.45, 7) is 10.6. The standard InChI is InChI=1S/C11H19N3.C2H6/c1-8(2)11-12-9-5-6-13(3)7-10(9)14(11)4;1-2/h8H,5-7H2,1-4H3;1-2H3. The Morgan fingerprint density at radius 2 is 1.81 bits per heavy atom. The highest BCUT2D eigenvalue weighted by Crippen LogP contribution is 2.22. The zero-order chi connectivity index (χ0) is 12.3. The van der Waals surface area contributed by atoms with E-state index in [1.54, 1.807) is 0 Å². The highest BCUT2D eigenvalue weighted by molar-refractivity contribution is 5.21. The van der Waals surface area contributed by atoms with Crippen molar-refractivity contribution in [2.75, 3.05) is 13.6 Å². The second kappa shape index (κ2) is 5.48. The molecule has 2 rings (SSSR count). The number of imidazole rings is 1. The van der Waals surface area contributed by atoms with Crippen LogP contribution in [-0.4, -0.2) is 28.0 Å². The summed E-state index contributed by atoms with van der Waals surface area (Å²) in [7, 11) is 4.31. The SMILES string of the molecule is CC.CC(C)c1nc2c(n1C)CN(C)CC2. The zero-order valence-electron chi connectivity index (χ0n) is 11.5. The van der Waals surface area contributed by atoms with Crippen LogP contribution in [-0.2, 0) is 20.0 Å². The van der Waals surface area contributed by atoms with Crippen molar-refractivity contribution in [3.63, 3.8) is 0 Å². The van der Waals surface area contributed by atoms with Crippen LogP contribution in [0.25, 0.3) is 0 Å². The molecule has 0 fully saturated rings. The molecule has 1 aliphatic rings. The largest absolute Gasteiger partial charge is 0.333 e. The fraction of sp³-hybridized carbons (Fsp3) is 0.769. The van der Waals surface area contributed by atoms with Gasteiger partial charge in [0.1, 0.15) is 5.82 Å². The van der Waals surface area contributed by atoms with Gasteiger partial charge in [-0.2, -0.15) is 0 Å². The monoisotopic (exact) mass is 223 g/mol. The van der Waals surface area contributed by atoms with Crippen molar-refractivity contribution in [1.29, 1.82) is 0 Å². The number of aromatic nitrogens is 2. The highest BCUT2D eigenvalue weighted by atomic mass is 15.2. The molecule has 1 aromatic heterocycles. The second-order valence-corrected chi connectivity index (χ2v) is 4.56. The Bertz CT molecular complexity index is 339. The minimum atomic E-state index is 0.524. The molecule has 0 aliphatic carbocycles. The normalized spacial score (nSPS) is 15.7. The third kappa shape index (κ3) is 2.46. The van der Waals surface area contributed by atoms with E-state index in [4.69, 9.17) is 4.98 Å². The molecule has 0 aromatic carbocycles. The first-order valence-corrected chi connectivity index (χ1v) is 6.32. The van der Waals surface area contributed by atoms with Crippen LogP contribution in [0.3, 0.4) is 0 Å². The number of hydrogen-bond donors (Lipinski definition) is 0. The van der Waals surface area contributed by atoms with Crippen molar-refractivity contribution in [3.8, 4) is 0 Å². The van der Waals surface area contributed by atoms with Gasteiger partial charge in [-0.05, 0) is 7.05 Å². The van der Waals surface area contributed by atoms with Crippen LogP contribution in [0.2, 0.25) is 0 Å². The van der Waals surface area contributed by atoms with Crippen molar-refractivity contribution in [2.24, 2.45) is 7.05 Å². The number of likely N-dealkylation sites (N-methyl/N-ethyl adjacent to an activating group) is 1. The molecular formula is C13H25N3. The Hall–Kier alpha value is -0.830. The van der Waals surface area contributed by atoms with Crippen LogP contribution in [0, 0.1) is 0 Å². The third-order valence-corrected chi connectivity index (χ3v) is 3.00. The van der Waals surface area contributed by atoms with Gasteiger partial charge >= 0.3 is 0 Å². The molecule has 2 heterocycles. The van der Waals surface area contributed by atoms with Gasteiger partial charge in [0.05, 0.1) is 11.4 Å². The number of fused-ring (bicyclic) bond motifs is 1. The molecule has 3 heteroatoms. The summed E-state index contributed by atoms with van der Waals surface area (Å²) in [4.78, 5) is 7.08. The van der Waals surface area contributed by atoms with E-state index in [2.05, 4.69) is 37.4 Å². The van der Waals surface area contributed by atoms with Gasteiger partial charge in [0.2, 0.25) is 0 Å². The Labute approximate surface area is 99.5 Å². The van der Waals surface area contributed by atoms with E-state index in [-0.39, 0.29) is 0 Å². The molecule has 0 spiro atoms. The summed E-state index contributed by atoms with van der Waals surface area (Å²) in [6.07, 6.45) is 1.10. The van der Waals surface area contributed by atoms with Crippen molar-refractivity contribution in [3.05, 3.63) is 17.2 Å². The number of nitrogens with zero attached hydrogens (tertiary/aromatic N) is 3. The molecule has 0 amide bonds. The van der Waals surface area contributed by atoms with Crippen molar-refractivity contribution in [1.82, 2.24) is 14.5 Å². The van der Waals surface area contributed by atoms with Gasteiger partial charge in [-0.3, -0.25) is 0 Å². The zero-order valence-corrected chi connectivity index (χ0v) is 11.5. The van der Waals surface area contributed by atoms with Gasteiger partial charge in [-0.1, -0.05) is 27.7 Å². The molecule has 0 saturated heterocycles.